The van der Waals surface area contributed by atoms with E-state index in [0.29, 0.717) is 0 Å². The molecule has 0 amide bonds. The van der Waals surface area contributed by atoms with Crippen LogP contribution in [0.3, 0.4) is 0 Å². The Kier molecular flexibility index (Phi) is 1.77. The summed E-state index contributed by atoms with van der Waals surface area (Å²) in [6, 6.07) is 8.98. The smallest absolute Gasteiger partial charge is 0.116 e. The number of aromatic hydroxyl groups is 1. The van der Waals surface area contributed by atoms with Crippen LogP contribution >= 0.6 is 0 Å². The lowest BCUT2D eigenvalue weighted by Crippen LogP contribution is -1.87. The van der Waals surface area contributed by atoms with E-state index < -0.39 is 0 Å². The van der Waals surface area contributed by atoms with Crippen LogP contribution in [0.1, 0.15) is 0 Å². The number of aryl methyl sites for hydroxylation is 1. The summed E-state index contributed by atoms with van der Waals surface area (Å²) in [5.41, 5.74) is 1.80. The van der Waals surface area contributed by atoms with E-state index in [2.05, 4.69) is 5.10 Å². The van der Waals surface area contributed by atoms with E-state index in [1.807, 2.05) is 25.4 Å². The number of nitrogens with zero attached hydrogens (tertiary/aromatic N) is 2. The van der Waals surface area contributed by atoms with Crippen LogP contribution in [-0.2, 0) is 7.05 Å². The summed E-state index contributed by atoms with van der Waals surface area (Å²) >= 11 is 0. The molecule has 0 radical (unpaired) electrons. The average Bonchev–Trinajstić information content (AvgIpc) is 2.52. The number of phenolic OH excluding ortho intramolecular Hbond substituents is 1. The third-order valence-corrected chi connectivity index (χ3v) is 1.86. The van der Waals surface area contributed by atoms with Gasteiger partial charge in [-0.2, -0.15) is 5.10 Å². The lowest BCUT2D eigenvalue weighted by Gasteiger charge is -1.96. The van der Waals surface area contributed by atoms with Crippen LogP contribution in [0.15, 0.2) is 36.5 Å². The average molecular weight is 174 g/mol. The zero-order valence-corrected chi connectivity index (χ0v) is 7.31. The van der Waals surface area contributed by atoms with Crippen LogP contribution in [0, 0.1) is 0 Å². The van der Waals surface area contributed by atoms with E-state index in [0.717, 1.165) is 11.3 Å². The number of hydrogen-bond acceptors (Lipinski definition) is 2. The number of hydrogen-bond donors (Lipinski definition) is 1. The Balaban J connectivity index is 2.46. The highest BCUT2D eigenvalue weighted by Crippen LogP contribution is 2.20. The molecule has 0 unspecified atom stereocenters. The molecule has 1 heterocycles. The Hall–Kier alpha value is -1.77. The van der Waals surface area contributed by atoms with Gasteiger partial charge in [-0.25, -0.2) is 0 Å². The van der Waals surface area contributed by atoms with Crippen molar-refractivity contribution in [1.29, 1.82) is 0 Å². The summed E-state index contributed by atoms with van der Waals surface area (Å²) in [6.07, 6.45) is 1.87. The first kappa shape index (κ1) is 7.86. The van der Waals surface area contributed by atoms with Crippen molar-refractivity contribution in [3.05, 3.63) is 36.5 Å². The number of phenols is 1. The van der Waals surface area contributed by atoms with Crippen molar-refractivity contribution in [2.75, 3.05) is 0 Å². The molecule has 0 saturated heterocycles. The molecule has 1 aromatic carbocycles. The molecule has 66 valence electrons. The molecule has 0 spiro atoms. The minimum Gasteiger partial charge on any atom is -0.508 e. The fourth-order valence-corrected chi connectivity index (χ4v) is 1.23. The van der Waals surface area contributed by atoms with Crippen molar-refractivity contribution < 1.29 is 5.11 Å². The number of aromatic nitrogens is 2. The van der Waals surface area contributed by atoms with Gasteiger partial charge in [-0.1, -0.05) is 12.1 Å². The van der Waals surface area contributed by atoms with Gasteiger partial charge in [0.05, 0.1) is 5.69 Å². The molecule has 3 nitrogen and oxygen atoms in total. The summed E-state index contributed by atoms with van der Waals surface area (Å²) in [7, 11) is 1.87. The largest absolute Gasteiger partial charge is 0.508 e. The van der Waals surface area contributed by atoms with Gasteiger partial charge < -0.3 is 5.11 Å². The highest BCUT2D eigenvalue weighted by Gasteiger charge is 2.00. The highest BCUT2D eigenvalue weighted by atomic mass is 16.3. The van der Waals surface area contributed by atoms with Crippen LogP contribution in [-0.4, -0.2) is 14.9 Å². The molecule has 0 aliphatic rings. The lowest BCUT2D eigenvalue weighted by molar-refractivity contribution is 0.475. The Morgan fingerprint density at radius 3 is 2.77 bits per heavy atom. The van der Waals surface area contributed by atoms with Crippen LogP contribution < -0.4 is 0 Å². The lowest BCUT2D eigenvalue weighted by atomic mass is 10.1. The fraction of sp³-hybridized carbons (Fsp3) is 0.100. The summed E-state index contributed by atoms with van der Waals surface area (Å²) in [5, 5.41) is 13.5. The molecule has 13 heavy (non-hydrogen) atoms. The Morgan fingerprint density at radius 2 is 2.15 bits per heavy atom. The third-order valence-electron chi connectivity index (χ3n) is 1.86. The number of rotatable bonds is 1. The van der Waals surface area contributed by atoms with Gasteiger partial charge in [0.2, 0.25) is 0 Å². The number of benzene rings is 1. The summed E-state index contributed by atoms with van der Waals surface area (Å²) in [5.74, 6) is 0.267. The zero-order valence-electron chi connectivity index (χ0n) is 7.31. The van der Waals surface area contributed by atoms with E-state index in [-0.39, 0.29) is 5.75 Å². The molecule has 1 aromatic heterocycles. The van der Waals surface area contributed by atoms with Gasteiger partial charge in [0, 0.05) is 18.8 Å². The Labute approximate surface area is 76.3 Å². The minimum atomic E-state index is 0.267. The summed E-state index contributed by atoms with van der Waals surface area (Å²) in [4.78, 5) is 0. The van der Waals surface area contributed by atoms with Crippen LogP contribution in [0.5, 0.6) is 5.75 Å². The van der Waals surface area contributed by atoms with Gasteiger partial charge in [-0.3, -0.25) is 4.68 Å². The zero-order chi connectivity index (χ0) is 9.26. The third kappa shape index (κ3) is 1.54. The first-order valence-corrected chi connectivity index (χ1v) is 4.05. The molecule has 2 aromatic rings. The molecular weight excluding hydrogens is 164 g/mol. The second-order valence-electron chi connectivity index (χ2n) is 2.92. The first-order chi connectivity index (χ1) is 6.25. The molecular formula is C10H10N2O. The fourth-order valence-electron chi connectivity index (χ4n) is 1.23. The van der Waals surface area contributed by atoms with Crippen LogP contribution in [0.25, 0.3) is 11.3 Å². The first-order valence-electron chi connectivity index (χ1n) is 4.05. The van der Waals surface area contributed by atoms with Gasteiger partial charge in [-0.15, -0.1) is 0 Å². The molecule has 0 fully saturated rings. The standard InChI is InChI=1S/C10H10N2O/c1-12-6-5-10(11-12)8-3-2-4-9(13)7-8/h2-7,13H,1H3. The van der Waals surface area contributed by atoms with E-state index in [4.69, 9.17) is 0 Å². The second-order valence-corrected chi connectivity index (χ2v) is 2.92. The van der Waals surface area contributed by atoms with Crippen LogP contribution in [0.4, 0.5) is 0 Å². The SMILES string of the molecule is Cn1ccc(-c2cccc(O)c2)n1. The van der Waals surface area contributed by atoms with Gasteiger partial charge in [-0.05, 0) is 18.2 Å². The van der Waals surface area contributed by atoms with Crippen molar-refractivity contribution in [3.63, 3.8) is 0 Å². The monoisotopic (exact) mass is 174 g/mol. The Morgan fingerprint density at radius 1 is 1.31 bits per heavy atom. The van der Waals surface area contributed by atoms with E-state index in [1.54, 1.807) is 22.9 Å². The van der Waals surface area contributed by atoms with Crippen molar-refractivity contribution in [3.8, 4) is 17.0 Å². The van der Waals surface area contributed by atoms with Crippen molar-refractivity contribution in [1.82, 2.24) is 9.78 Å². The summed E-state index contributed by atoms with van der Waals surface area (Å²) in [6.45, 7) is 0. The molecule has 1 N–H and O–H groups in total. The van der Waals surface area contributed by atoms with Gasteiger partial charge in [0.25, 0.3) is 0 Å². The maximum absolute atomic E-state index is 9.25. The van der Waals surface area contributed by atoms with Crippen molar-refractivity contribution >= 4 is 0 Å². The van der Waals surface area contributed by atoms with E-state index >= 15 is 0 Å². The van der Waals surface area contributed by atoms with E-state index in [9.17, 15) is 5.11 Å². The molecule has 0 aliphatic carbocycles. The normalized spacial score (nSPS) is 10.2. The molecule has 0 bridgehead atoms. The van der Waals surface area contributed by atoms with Gasteiger partial charge in [0.1, 0.15) is 5.75 Å². The van der Waals surface area contributed by atoms with Crippen molar-refractivity contribution in [2.45, 2.75) is 0 Å². The van der Waals surface area contributed by atoms with Gasteiger partial charge >= 0.3 is 0 Å². The van der Waals surface area contributed by atoms with Crippen LogP contribution in [0.2, 0.25) is 0 Å². The maximum atomic E-state index is 9.25. The maximum Gasteiger partial charge on any atom is 0.116 e. The summed E-state index contributed by atoms with van der Waals surface area (Å²) < 4.78 is 1.74. The van der Waals surface area contributed by atoms with Crippen molar-refractivity contribution in [2.24, 2.45) is 7.05 Å². The molecule has 0 aliphatic heterocycles. The minimum absolute atomic E-state index is 0.267. The Bertz CT molecular complexity index is 420. The topological polar surface area (TPSA) is 38.0 Å². The molecule has 2 rings (SSSR count). The van der Waals surface area contributed by atoms with Gasteiger partial charge in [0.15, 0.2) is 0 Å². The molecule has 0 saturated carbocycles. The quantitative estimate of drug-likeness (QED) is 0.715. The predicted octanol–water partition coefficient (Wildman–Crippen LogP) is 1.79. The van der Waals surface area contributed by atoms with E-state index in [1.165, 1.54) is 0 Å². The highest BCUT2D eigenvalue weighted by molar-refractivity contribution is 5.60. The predicted molar refractivity (Wildman–Crippen MR) is 50.3 cm³/mol. The molecule has 3 heteroatoms. The molecule has 0 atom stereocenters. The second kappa shape index (κ2) is 2.94.